The molecule has 4 unspecified atom stereocenters. The third kappa shape index (κ3) is 5.16. The van der Waals surface area contributed by atoms with Gasteiger partial charge in [-0.05, 0) is 103 Å². The van der Waals surface area contributed by atoms with Crippen LogP contribution in [-0.2, 0) is 22.4 Å². The molecular formula is C34H34F5NO5S. The van der Waals surface area contributed by atoms with Crippen LogP contribution < -0.4 is 5.32 Å². The lowest BCUT2D eigenvalue weighted by molar-refractivity contribution is -0.362. The lowest BCUT2D eigenvalue weighted by atomic mass is 9.50. The summed E-state index contributed by atoms with van der Waals surface area (Å²) in [6, 6.07) is 12.7. The summed E-state index contributed by atoms with van der Waals surface area (Å²) in [5, 5.41) is 14.2. The van der Waals surface area contributed by atoms with Gasteiger partial charge < -0.3 is 15.0 Å². The highest BCUT2D eigenvalue weighted by molar-refractivity contribution is 7.79. The van der Waals surface area contributed by atoms with E-state index >= 15 is 8.78 Å². The van der Waals surface area contributed by atoms with Crippen molar-refractivity contribution in [3.05, 3.63) is 88.0 Å². The van der Waals surface area contributed by atoms with Crippen molar-refractivity contribution in [1.29, 1.82) is 0 Å². The molecule has 0 aliphatic heterocycles. The summed E-state index contributed by atoms with van der Waals surface area (Å²) in [6.45, 7) is 1.53. The minimum Gasteiger partial charge on any atom is -0.383 e. The molecule has 6 rings (SSSR count). The van der Waals surface area contributed by atoms with Crippen LogP contribution in [0.15, 0.2) is 76.2 Å². The van der Waals surface area contributed by atoms with E-state index in [0.717, 1.165) is 16.7 Å². The van der Waals surface area contributed by atoms with Crippen LogP contribution >= 0.6 is 0 Å². The van der Waals surface area contributed by atoms with Crippen molar-refractivity contribution in [1.82, 2.24) is 5.32 Å². The predicted octanol–water partition coefficient (Wildman–Crippen LogP) is 7.03. The Bertz CT molecular complexity index is 1650. The molecule has 0 spiro atoms. The molecule has 246 valence electrons. The number of carbonyl (C=O) groups excluding carboxylic acids is 2. The molecule has 2 aromatic carbocycles. The third-order valence-corrected chi connectivity index (χ3v) is 11.6. The van der Waals surface area contributed by atoms with Gasteiger partial charge in [0.25, 0.3) is 5.91 Å². The van der Waals surface area contributed by atoms with Crippen LogP contribution in [0.5, 0.6) is 0 Å². The van der Waals surface area contributed by atoms with Crippen LogP contribution in [0.25, 0.3) is 0 Å². The first-order valence-electron chi connectivity index (χ1n) is 15.3. The topological polar surface area (TPSA) is 104 Å². The lowest BCUT2D eigenvalue weighted by Gasteiger charge is -2.56. The number of hydrogen-bond donors (Lipinski definition) is 3. The molecule has 2 fully saturated rings. The number of carbonyl (C=O) groups is 2. The number of nitrogens with one attached hydrogen (secondary N) is 1. The minimum atomic E-state index is -5.92. The van der Waals surface area contributed by atoms with E-state index in [4.69, 9.17) is 0 Å². The largest absolute Gasteiger partial charge is 0.456 e. The number of fused-ring (bicyclic) bond motifs is 4. The molecule has 0 radical (unpaired) electrons. The molecule has 2 aromatic rings. The van der Waals surface area contributed by atoms with E-state index in [2.05, 4.69) is 5.32 Å². The van der Waals surface area contributed by atoms with Crippen molar-refractivity contribution >= 4 is 22.8 Å². The molecule has 0 saturated heterocycles. The number of ketones is 1. The highest BCUT2D eigenvalue weighted by Crippen LogP contribution is 2.70. The zero-order valence-corrected chi connectivity index (χ0v) is 25.8. The summed E-state index contributed by atoms with van der Waals surface area (Å²) in [5.74, 6) is -7.24. The van der Waals surface area contributed by atoms with Gasteiger partial charge in [-0.3, -0.25) is 9.59 Å². The molecule has 0 aromatic heterocycles. The molecule has 4 aliphatic carbocycles. The Labute approximate surface area is 265 Å². The van der Waals surface area contributed by atoms with E-state index in [9.17, 15) is 36.6 Å². The van der Waals surface area contributed by atoms with Crippen molar-refractivity contribution in [2.75, 3.05) is 0 Å². The Kier molecular flexibility index (Phi) is 8.17. The average molecular weight is 664 g/mol. The first-order chi connectivity index (χ1) is 21.6. The number of halogens is 5. The van der Waals surface area contributed by atoms with Crippen LogP contribution in [0.2, 0.25) is 0 Å². The Hall–Kier alpha value is -3.22. The Morgan fingerprint density at radius 1 is 1.00 bits per heavy atom. The number of hydrogen-bond acceptors (Lipinski definition) is 4. The van der Waals surface area contributed by atoms with Crippen molar-refractivity contribution in [3.8, 4) is 0 Å². The lowest BCUT2D eigenvalue weighted by Crippen LogP contribution is -2.65. The number of aliphatic hydroxyl groups is 1. The van der Waals surface area contributed by atoms with Gasteiger partial charge in [-0.25, -0.2) is 4.21 Å². The van der Waals surface area contributed by atoms with Gasteiger partial charge in [-0.1, -0.05) is 36.8 Å². The molecule has 2 saturated carbocycles. The second-order valence-corrected chi connectivity index (χ2v) is 14.1. The Morgan fingerprint density at radius 2 is 1.67 bits per heavy atom. The van der Waals surface area contributed by atoms with Gasteiger partial charge in [0, 0.05) is 29.9 Å². The van der Waals surface area contributed by atoms with E-state index in [1.54, 1.807) is 42.5 Å². The second kappa shape index (κ2) is 11.5. The molecular weight excluding hydrogens is 629 g/mol. The van der Waals surface area contributed by atoms with Gasteiger partial charge in [-0.15, -0.1) is 0 Å². The number of benzene rings is 2. The monoisotopic (exact) mass is 663 g/mol. The SMILES string of the molecule is CC12C[C@H](c3ccc(C(=O)NCc4ccc(S(=O)O)cc4)cc3)C3=C4CCC(=O)C=C4CCC3C1CC[C@@]2(O)C(F)(F)C(F)(F)F. The van der Waals surface area contributed by atoms with Gasteiger partial charge in [-0.2, -0.15) is 22.0 Å². The smallest absolute Gasteiger partial charge is 0.383 e. The van der Waals surface area contributed by atoms with Crippen LogP contribution in [0.3, 0.4) is 0 Å². The normalized spacial score (nSPS) is 30.2. The molecule has 46 heavy (non-hydrogen) atoms. The molecule has 3 N–H and O–H groups in total. The molecule has 6 atom stereocenters. The summed E-state index contributed by atoms with van der Waals surface area (Å²) < 4.78 is 92.1. The van der Waals surface area contributed by atoms with E-state index in [1.165, 1.54) is 19.1 Å². The highest BCUT2D eigenvalue weighted by atomic mass is 32.2. The predicted molar refractivity (Wildman–Crippen MR) is 159 cm³/mol. The van der Waals surface area contributed by atoms with Gasteiger partial charge >= 0.3 is 12.1 Å². The van der Waals surface area contributed by atoms with E-state index in [0.29, 0.717) is 42.4 Å². The number of alkyl halides is 5. The van der Waals surface area contributed by atoms with Gasteiger partial charge in [0.2, 0.25) is 0 Å². The number of rotatable bonds is 6. The highest BCUT2D eigenvalue weighted by Gasteiger charge is 2.79. The van der Waals surface area contributed by atoms with Crippen molar-refractivity contribution in [2.24, 2.45) is 17.3 Å². The molecule has 0 bridgehead atoms. The summed E-state index contributed by atoms with van der Waals surface area (Å²) in [4.78, 5) is 25.4. The maximum Gasteiger partial charge on any atom is 0.456 e. The fraction of sp³-hybridized carbons (Fsp3) is 0.471. The van der Waals surface area contributed by atoms with Crippen molar-refractivity contribution in [2.45, 2.75) is 86.9 Å². The standard InChI is InChI=1S/C34H34F5NO5S/c1-31-17-27(20-4-6-21(7-5-20)30(42)40-18-19-2-10-24(11-3-19)46(44)45)29-25-13-9-23(41)16-22(25)8-12-26(29)28(31)14-15-32(31,43)33(35,36)34(37,38)39/h2-7,10-11,16,26-28,43H,8-9,12-15,17-18H2,1H3,(H,40,42)(H,44,45)/t26?,27-,28?,31?,32+/m1/s1. The average Bonchev–Trinajstić information content (AvgIpc) is 3.30. The van der Waals surface area contributed by atoms with Gasteiger partial charge in [0.05, 0.1) is 4.90 Å². The summed E-state index contributed by atoms with van der Waals surface area (Å²) >= 11 is -2.12. The zero-order chi connectivity index (χ0) is 33.2. The molecule has 6 nitrogen and oxygen atoms in total. The van der Waals surface area contributed by atoms with E-state index in [-0.39, 0.29) is 36.0 Å². The van der Waals surface area contributed by atoms with Crippen LogP contribution in [0.1, 0.15) is 79.3 Å². The molecule has 1 amide bonds. The number of allylic oxidation sites excluding steroid dienone is 4. The Morgan fingerprint density at radius 3 is 2.30 bits per heavy atom. The second-order valence-electron chi connectivity index (χ2n) is 13.2. The minimum absolute atomic E-state index is 0.00438. The van der Waals surface area contributed by atoms with Gasteiger partial charge in [0.1, 0.15) is 5.60 Å². The van der Waals surface area contributed by atoms with Crippen LogP contribution in [-0.4, -0.2) is 43.3 Å². The van der Waals surface area contributed by atoms with E-state index in [1.807, 2.05) is 0 Å². The summed E-state index contributed by atoms with van der Waals surface area (Å²) in [7, 11) is 0. The molecule has 4 aliphatic rings. The maximum atomic E-state index is 15.2. The third-order valence-electron chi connectivity index (χ3n) is 10.9. The van der Waals surface area contributed by atoms with Crippen LogP contribution in [0, 0.1) is 17.3 Å². The summed E-state index contributed by atoms with van der Waals surface area (Å²) in [6.07, 6.45) is -3.32. The fourth-order valence-corrected chi connectivity index (χ4v) is 8.96. The first-order valence-corrected chi connectivity index (χ1v) is 16.4. The van der Waals surface area contributed by atoms with Crippen molar-refractivity contribution < 1.29 is 45.4 Å². The van der Waals surface area contributed by atoms with Crippen LogP contribution in [0.4, 0.5) is 22.0 Å². The Balaban J connectivity index is 1.33. The van der Waals surface area contributed by atoms with E-state index < -0.39 is 58.4 Å². The first kappa shape index (κ1) is 32.7. The maximum absolute atomic E-state index is 15.2. The van der Waals surface area contributed by atoms with Gasteiger partial charge in [0.15, 0.2) is 16.9 Å². The number of amides is 1. The van der Waals surface area contributed by atoms with Crippen molar-refractivity contribution in [3.63, 3.8) is 0 Å². The fourth-order valence-electron chi connectivity index (χ4n) is 8.59. The molecule has 12 heteroatoms. The quantitative estimate of drug-likeness (QED) is 0.228. The summed E-state index contributed by atoms with van der Waals surface area (Å²) in [5.41, 5.74) is -0.588. The molecule has 0 heterocycles. The zero-order valence-electron chi connectivity index (χ0n) is 25.0.